The number of carbonyl (C=O) groups is 2. The summed E-state index contributed by atoms with van der Waals surface area (Å²) >= 11 is 5.79. The molecular formula is C15H14ClFN4O4. The minimum Gasteiger partial charge on any atom is -0.476 e. The Morgan fingerprint density at radius 1 is 1.44 bits per heavy atom. The number of ether oxygens (including phenoxy) is 1. The molecule has 2 heterocycles. The summed E-state index contributed by atoms with van der Waals surface area (Å²) in [5, 5.41) is 15.9. The number of aromatic carboxylic acids is 1. The quantitative estimate of drug-likeness (QED) is 0.875. The number of hydrogen-bond acceptors (Lipinski definition) is 5. The van der Waals surface area contributed by atoms with Crippen LogP contribution in [0.25, 0.3) is 0 Å². The molecule has 1 atom stereocenters. The van der Waals surface area contributed by atoms with Crippen molar-refractivity contribution in [2.24, 2.45) is 0 Å². The van der Waals surface area contributed by atoms with Crippen molar-refractivity contribution in [3.05, 3.63) is 46.5 Å². The van der Waals surface area contributed by atoms with Crippen molar-refractivity contribution in [1.82, 2.24) is 19.9 Å². The fourth-order valence-electron chi connectivity index (χ4n) is 2.50. The van der Waals surface area contributed by atoms with Crippen LogP contribution in [0.1, 0.15) is 22.2 Å². The Balaban J connectivity index is 1.66. The van der Waals surface area contributed by atoms with E-state index in [0.717, 1.165) is 0 Å². The minimum absolute atomic E-state index is 0.00614. The summed E-state index contributed by atoms with van der Waals surface area (Å²) in [7, 11) is 0. The van der Waals surface area contributed by atoms with Crippen LogP contribution in [-0.2, 0) is 16.1 Å². The SMILES string of the molecule is O=C(O)c1cn(CC(=O)N2CCOC(c3ccc(F)c(Cl)c3)C2)nn1. The smallest absolute Gasteiger partial charge is 0.358 e. The number of carboxylic acid groups (broad SMARTS) is 1. The fraction of sp³-hybridized carbons (Fsp3) is 0.333. The largest absolute Gasteiger partial charge is 0.476 e. The summed E-state index contributed by atoms with van der Waals surface area (Å²) in [6.07, 6.45) is 0.777. The lowest BCUT2D eigenvalue weighted by Crippen LogP contribution is -2.43. The van der Waals surface area contributed by atoms with E-state index in [0.29, 0.717) is 18.7 Å². The van der Waals surface area contributed by atoms with Gasteiger partial charge in [-0.05, 0) is 17.7 Å². The molecule has 3 rings (SSSR count). The Bertz CT molecular complexity index is 813. The van der Waals surface area contributed by atoms with Gasteiger partial charge in [0.25, 0.3) is 0 Å². The van der Waals surface area contributed by atoms with Gasteiger partial charge in [-0.3, -0.25) is 4.79 Å². The van der Waals surface area contributed by atoms with Crippen molar-refractivity contribution in [3.8, 4) is 0 Å². The average Bonchev–Trinajstić information content (AvgIpc) is 3.06. The maximum Gasteiger partial charge on any atom is 0.358 e. The molecule has 1 aromatic carbocycles. The third kappa shape index (κ3) is 3.94. The third-order valence-corrected chi connectivity index (χ3v) is 4.08. The first-order valence-electron chi connectivity index (χ1n) is 7.42. The maximum atomic E-state index is 13.3. The molecule has 10 heteroatoms. The summed E-state index contributed by atoms with van der Waals surface area (Å²) in [5.41, 5.74) is 0.450. The first kappa shape index (κ1) is 17.3. The molecule has 1 N–H and O–H groups in total. The standard InChI is InChI=1S/C15H14ClFN4O4/c16-10-5-9(1-2-11(10)17)13-7-20(3-4-25-13)14(22)8-21-6-12(15(23)24)18-19-21/h1-2,5-6,13H,3-4,7-8H2,(H,23,24). The first-order valence-corrected chi connectivity index (χ1v) is 7.79. The predicted molar refractivity (Wildman–Crippen MR) is 83.7 cm³/mol. The molecule has 0 saturated carbocycles. The molecule has 1 aromatic heterocycles. The zero-order valence-corrected chi connectivity index (χ0v) is 13.7. The molecule has 132 valence electrons. The lowest BCUT2D eigenvalue weighted by atomic mass is 10.1. The van der Waals surface area contributed by atoms with E-state index >= 15 is 0 Å². The topological polar surface area (TPSA) is 97.5 Å². The summed E-state index contributed by atoms with van der Waals surface area (Å²) in [6.45, 7) is 0.867. The van der Waals surface area contributed by atoms with Gasteiger partial charge in [0.2, 0.25) is 5.91 Å². The van der Waals surface area contributed by atoms with Crippen LogP contribution in [0.5, 0.6) is 0 Å². The molecule has 1 saturated heterocycles. The summed E-state index contributed by atoms with van der Waals surface area (Å²) < 4.78 is 20.1. The molecule has 0 spiro atoms. The van der Waals surface area contributed by atoms with Gasteiger partial charge < -0.3 is 14.7 Å². The van der Waals surface area contributed by atoms with Gasteiger partial charge in [0, 0.05) is 6.54 Å². The number of hydrogen-bond donors (Lipinski definition) is 1. The second-order valence-electron chi connectivity index (χ2n) is 5.48. The number of halogens is 2. The van der Waals surface area contributed by atoms with E-state index in [9.17, 15) is 14.0 Å². The highest BCUT2D eigenvalue weighted by Gasteiger charge is 2.26. The number of aromatic nitrogens is 3. The Hall–Kier alpha value is -2.52. The zero-order chi connectivity index (χ0) is 18.0. The van der Waals surface area contributed by atoms with E-state index < -0.39 is 17.9 Å². The number of rotatable bonds is 4. The van der Waals surface area contributed by atoms with Crippen LogP contribution in [0.3, 0.4) is 0 Å². The van der Waals surface area contributed by atoms with Gasteiger partial charge in [0.05, 0.1) is 24.4 Å². The summed E-state index contributed by atoms with van der Waals surface area (Å²) in [6, 6.07) is 4.30. The number of nitrogens with zero attached hydrogens (tertiary/aromatic N) is 4. The van der Waals surface area contributed by atoms with Crippen molar-refractivity contribution in [2.75, 3.05) is 19.7 Å². The highest BCUT2D eigenvalue weighted by Crippen LogP contribution is 2.26. The zero-order valence-electron chi connectivity index (χ0n) is 12.9. The summed E-state index contributed by atoms with van der Waals surface area (Å²) in [5.74, 6) is -1.98. The van der Waals surface area contributed by atoms with Crippen LogP contribution in [0.15, 0.2) is 24.4 Å². The molecule has 1 unspecified atom stereocenters. The van der Waals surface area contributed by atoms with E-state index in [1.54, 1.807) is 11.0 Å². The van der Waals surface area contributed by atoms with Crippen LogP contribution in [0.4, 0.5) is 4.39 Å². The second-order valence-corrected chi connectivity index (χ2v) is 5.89. The normalized spacial score (nSPS) is 17.5. The lowest BCUT2D eigenvalue weighted by Gasteiger charge is -2.33. The fourth-order valence-corrected chi connectivity index (χ4v) is 2.69. The molecule has 0 bridgehead atoms. The number of benzene rings is 1. The van der Waals surface area contributed by atoms with Gasteiger partial charge in [-0.25, -0.2) is 13.9 Å². The Kier molecular flexibility index (Phi) is 4.95. The minimum atomic E-state index is -1.21. The molecule has 1 amide bonds. The van der Waals surface area contributed by atoms with Crippen LogP contribution >= 0.6 is 11.6 Å². The predicted octanol–water partition coefficient (Wildman–Crippen LogP) is 1.37. The van der Waals surface area contributed by atoms with Gasteiger partial charge in [-0.1, -0.05) is 22.9 Å². The molecule has 1 aliphatic heterocycles. The molecule has 25 heavy (non-hydrogen) atoms. The third-order valence-electron chi connectivity index (χ3n) is 3.79. The number of carboxylic acids is 1. The molecule has 8 nitrogen and oxygen atoms in total. The Labute approximate surface area is 146 Å². The molecular weight excluding hydrogens is 355 g/mol. The summed E-state index contributed by atoms with van der Waals surface area (Å²) in [4.78, 5) is 24.8. The van der Waals surface area contributed by atoms with E-state index in [1.165, 1.54) is 23.0 Å². The van der Waals surface area contributed by atoms with Crippen molar-refractivity contribution in [3.63, 3.8) is 0 Å². The van der Waals surface area contributed by atoms with Crippen LogP contribution in [-0.4, -0.2) is 56.6 Å². The molecule has 1 fully saturated rings. The average molecular weight is 369 g/mol. The van der Waals surface area contributed by atoms with E-state index in [4.69, 9.17) is 21.4 Å². The van der Waals surface area contributed by atoms with E-state index in [-0.39, 0.29) is 29.7 Å². The van der Waals surface area contributed by atoms with Gasteiger partial charge in [0.1, 0.15) is 18.5 Å². The van der Waals surface area contributed by atoms with Gasteiger partial charge in [-0.2, -0.15) is 0 Å². The highest BCUT2D eigenvalue weighted by molar-refractivity contribution is 6.30. The van der Waals surface area contributed by atoms with Crippen molar-refractivity contribution in [1.29, 1.82) is 0 Å². The Morgan fingerprint density at radius 3 is 2.92 bits per heavy atom. The van der Waals surface area contributed by atoms with Gasteiger partial charge >= 0.3 is 5.97 Å². The molecule has 0 aliphatic carbocycles. The van der Waals surface area contributed by atoms with Crippen LogP contribution < -0.4 is 0 Å². The monoisotopic (exact) mass is 368 g/mol. The van der Waals surface area contributed by atoms with Gasteiger partial charge in [-0.15, -0.1) is 5.10 Å². The van der Waals surface area contributed by atoms with E-state index in [2.05, 4.69) is 10.3 Å². The number of amides is 1. The van der Waals surface area contributed by atoms with Gasteiger partial charge in [0.15, 0.2) is 5.69 Å². The van der Waals surface area contributed by atoms with Crippen molar-refractivity contribution >= 4 is 23.5 Å². The molecule has 0 radical (unpaired) electrons. The number of carbonyl (C=O) groups excluding carboxylic acids is 1. The van der Waals surface area contributed by atoms with Crippen LogP contribution in [0.2, 0.25) is 5.02 Å². The molecule has 1 aliphatic rings. The lowest BCUT2D eigenvalue weighted by molar-refractivity contribution is -0.139. The van der Waals surface area contributed by atoms with E-state index in [1.807, 2.05) is 0 Å². The maximum absolute atomic E-state index is 13.3. The second kappa shape index (κ2) is 7.16. The highest BCUT2D eigenvalue weighted by atomic mass is 35.5. The van der Waals surface area contributed by atoms with Crippen LogP contribution in [0, 0.1) is 5.82 Å². The van der Waals surface area contributed by atoms with Crippen molar-refractivity contribution < 1.29 is 23.8 Å². The molecule has 2 aromatic rings. The number of morpholine rings is 1. The Morgan fingerprint density at radius 2 is 2.24 bits per heavy atom. The first-order chi connectivity index (χ1) is 11.9. The van der Waals surface area contributed by atoms with Crippen molar-refractivity contribution in [2.45, 2.75) is 12.6 Å².